The highest BCUT2D eigenvalue weighted by atomic mass is 16.5. The zero-order valence-electron chi connectivity index (χ0n) is 15.2. The number of likely N-dealkylation sites (N-methyl/N-ethyl adjacent to an activating group) is 1. The van der Waals surface area contributed by atoms with Crippen LogP contribution < -0.4 is 4.74 Å². The van der Waals surface area contributed by atoms with Gasteiger partial charge in [0.1, 0.15) is 5.75 Å². The molecular formula is C21H27N3O. The standard InChI is InChI=1S/C21H27N3O/c1-23-12-7-18-3-4-19(25-2)15-20(18)21(23)8-13-24(14-9-21)16-17-5-10-22-11-6-17/h3-6,10-11,15H,7-9,12-14,16H2,1-2H3. The summed E-state index contributed by atoms with van der Waals surface area (Å²) in [4.78, 5) is 9.28. The lowest BCUT2D eigenvalue weighted by Crippen LogP contribution is -2.54. The topological polar surface area (TPSA) is 28.6 Å². The first kappa shape index (κ1) is 16.6. The fraction of sp³-hybridized carbons (Fsp3) is 0.476. The number of rotatable bonds is 3. The van der Waals surface area contributed by atoms with Gasteiger partial charge in [0.25, 0.3) is 0 Å². The smallest absolute Gasteiger partial charge is 0.119 e. The number of nitrogens with zero attached hydrogens (tertiary/aromatic N) is 3. The van der Waals surface area contributed by atoms with Crippen LogP contribution in [0.4, 0.5) is 0 Å². The lowest BCUT2D eigenvalue weighted by atomic mass is 9.74. The molecule has 1 spiro atoms. The maximum atomic E-state index is 5.51. The Hall–Kier alpha value is -1.91. The number of piperidine rings is 1. The van der Waals surface area contributed by atoms with Gasteiger partial charge < -0.3 is 4.74 Å². The first-order chi connectivity index (χ1) is 12.2. The molecule has 4 heteroatoms. The van der Waals surface area contributed by atoms with Crippen LogP contribution >= 0.6 is 0 Å². The minimum atomic E-state index is 0.164. The second-order valence-electron chi connectivity index (χ2n) is 7.36. The molecule has 1 aromatic heterocycles. The lowest BCUT2D eigenvalue weighted by Gasteiger charge is -2.51. The highest BCUT2D eigenvalue weighted by Gasteiger charge is 2.43. The molecule has 25 heavy (non-hydrogen) atoms. The van der Waals surface area contributed by atoms with Crippen molar-refractivity contribution in [3.8, 4) is 5.75 Å². The van der Waals surface area contributed by atoms with Gasteiger partial charge in [-0.3, -0.25) is 14.8 Å². The van der Waals surface area contributed by atoms with Crippen LogP contribution in [0.2, 0.25) is 0 Å². The van der Waals surface area contributed by atoms with Crippen molar-refractivity contribution in [1.29, 1.82) is 0 Å². The van der Waals surface area contributed by atoms with Crippen LogP contribution in [0.5, 0.6) is 5.75 Å². The van der Waals surface area contributed by atoms with Gasteiger partial charge in [0, 0.05) is 44.1 Å². The number of fused-ring (bicyclic) bond motifs is 2. The molecule has 1 aromatic carbocycles. The zero-order chi connectivity index (χ0) is 17.3. The van der Waals surface area contributed by atoms with Gasteiger partial charge >= 0.3 is 0 Å². The highest BCUT2D eigenvalue weighted by Crippen LogP contribution is 2.44. The number of hydrogen-bond acceptors (Lipinski definition) is 4. The van der Waals surface area contributed by atoms with Gasteiger partial charge in [-0.1, -0.05) is 6.07 Å². The SMILES string of the molecule is COc1ccc2c(c1)C1(CCN(Cc3ccncc3)CC1)N(C)CC2. The van der Waals surface area contributed by atoms with Gasteiger partial charge in [-0.15, -0.1) is 0 Å². The average Bonchev–Trinajstić information content (AvgIpc) is 2.67. The normalized spacial score (nSPS) is 20.4. The number of benzene rings is 1. The Morgan fingerprint density at radius 2 is 1.84 bits per heavy atom. The Bertz CT molecular complexity index is 723. The second kappa shape index (κ2) is 6.77. The maximum absolute atomic E-state index is 5.51. The predicted molar refractivity (Wildman–Crippen MR) is 99.8 cm³/mol. The van der Waals surface area contributed by atoms with E-state index >= 15 is 0 Å². The molecule has 0 radical (unpaired) electrons. The minimum absolute atomic E-state index is 0.164. The molecular weight excluding hydrogens is 310 g/mol. The number of pyridine rings is 1. The molecule has 0 aliphatic carbocycles. The van der Waals surface area contributed by atoms with Crippen molar-refractivity contribution in [3.63, 3.8) is 0 Å². The van der Waals surface area contributed by atoms with Crippen molar-refractivity contribution in [3.05, 3.63) is 59.4 Å². The fourth-order valence-corrected chi connectivity index (χ4v) is 4.52. The summed E-state index contributed by atoms with van der Waals surface area (Å²) in [6.45, 7) is 4.42. The van der Waals surface area contributed by atoms with Gasteiger partial charge in [-0.2, -0.15) is 0 Å². The summed E-state index contributed by atoms with van der Waals surface area (Å²) < 4.78 is 5.51. The second-order valence-corrected chi connectivity index (χ2v) is 7.36. The first-order valence-corrected chi connectivity index (χ1v) is 9.21. The number of likely N-dealkylation sites (tertiary alicyclic amines) is 1. The van der Waals surface area contributed by atoms with Crippen molar-refractivity contribution in [1.82, 2.24) is 14.8 Å². The third kappa shape index (κ3) is 3.05. The van der Waals surface area contributed by atoms with E-state index in [0.717, 1.165) is 38.3 Å². The average molecular weight is 337 g/mol. The van der Waals surface area contributed by atoms with Crippen LogP contribution in [0, 0.1) is 0 Å². The van der Waals surface area contributed by atoms with Gasteiger partial charge in [0.15, 0.2) is 0 Å². The van der Waals surface area contributed by atoms with Crippen LogP contribution in [0.25, 0.3) is 0 Å². The molecule has 0 atom stereocenters. The molecule has 0 saturated carbocycles. The van der Waals surface area contributed by atoms with Crippen LogP contribution in [-0.2, 0) is 18.5 Å². The predicted octanol–water partition coefficient (Wildman–Crippen LogP) is 3.07. The van der Waals surface area contributed by atoms with Gasteiger partial charge in [-0.05, 0) is 67.3 Å². The molecule has 0 unspecified atom stereocenters. The molecule has 2 aliphatic heterocycles. The van der Waals surface area contributed by atoms with Crippen molar-refractivity contribution in [2.75, 3.05) is 33.8 Å². The van der Waals surface area contributed by atoms with Crippen LogP contribution in [0.1, 0.15) is 29.5 Å². The van der Waals surface area contributed by atoms with E-state index in [1.807, 2.05) is 12.4 Å². The first-order valence-electron chi connectivity index (χ1n) is 9.21. The van der Waals surface area contributed by atoms with E-state index in [0.29, 0.717) is 0 Å². The third-order valence-corrected chi connectivity index (χ3v) is 6.10. The van der Waals surface area contributed by atoms with Crippen molar-refractivity contribution in [2.24, 2.45) is 0 Å². The Labute approximate surface area is 150 Å². The number of aromatic nitrogens is 1. The van der Waals surface area contributed by atoms with Gasteiger partial charge in [0.2, 0.25) is 0 Å². The van der Waals surface area contributed by atoms with Gasteiger partial charge in [-0.25, -0.2) is 0 Å². The summed E-state index contributed by atoms with van der Waals surface area (Å²) in [5.41, 5.74) is 4.51. The molecule has 0 amide bonds. The summed E-state index contributed by atoms with van der Waals surface area (Å²) in [5.74, 6) is 0.979. The van der Waals surface area contributed by atoms with E-state index in [4.69, 9.17) is 4.74 Å². The van der Waals surface area contributed by atoms with E-state index < -0.39 is 0 Å². The van der Waals surface area contributed by atoms with Crippen molar-refractivity contribution in [2.45, 2.75) is 31.3 Å². The summed E-state index contributed by atoms with van der Waals surface area (Å²) in [6.07, 6.45) is 7.26. The molecule has 1 saturated heterocycles. The molecule has 4 nitrogen and oxygen atoms in total. The molecule has 3 heterocycles. The number of hydrogen-bond donors (Lipinski definition) is 0. The lowest BCUT2D eigenvalue weighted by molar-refractivity contribution is 0.0253. The number of methoxy groups -OCH3 is 1. The molecule has 132 valence electrons. The monoisotopic (exact) mass is 337 g/mol. The summed E-state index contributed by atoms with van der Waals surface area (Å²) in [6, 6.07) is 10.9. The Morgan fingerprint density at radius 1 is 1.08 bits per heavy atom. The van der Waals surface area contributed by atoms with E-state index in [9.17, 15) is 0 Å². The highest BCUT2D eigenvalue weighted by molar-refractivity contribution is 5.42. The molecule has 4 rings (SSSR count). The summed E-state index contributed by atoms with van der Waals surface area (Å²) in [5, 5.41) is 0. The number of ether oxygens (including phenoxy) is 1. The van der Waals surface area contributed by atoms with Crippen LogP contribution in [0.15, 0.2) is 42.7 Å². The van der Waals surface area contributed by atoms with E-state index in [2.05, 4.69) is 52.2 Å². The third-order valence-electron chi connectivity index (χ3n) is 6.10. The van der Waals surface area contributed by atoms with Crippen molar-refractivity contribution < 1.29 is 4.74 Å². The van der Waals surface area contributed by atoms with E-state index in [1.54, 1.807) is 7.11 Å². The minimum Gasteiger partial charge on any atom is -0.497 e. The largest absolute Gasteiger partial charge is 0.497 e. The quantitative estimate of drug-likeness (QED) is 0.861. The molecule has 1 fully saturated rings. The van der Waals surface area contributed by atoms with E-state index in [1.165, 1.54) is 29.5 Å². The van der Waals surface area contributed by atoms with Crippen molar-refractivity contribution >= 4 is 0 Å². The fourth-order valence-electron chi connectivity index (χ4n) is 4.52. The molecule has 2 aliphatic rings. The summed E-state index contributed by atoms with van der Waals surface area (Å²) in [7, 11) is 4.05. The maximum Gasteiger partial charge on any atom is 0.119 e. The Morgan fingerprint density at radius 3 is 2.56 bits per heavy atom. The molecule has 2 aromatic rings. The zero-order valence-corrected chi connectivity index (χ0v) is 15.2. The Kier molecular flexibility index (Phi) is 4.48. The van der Waals surface area contributed by atoms with Gasteiger partial charge in [0.05, 0.1) is 7.11 Å². The molecule has 0 N–H and O–H groups in total. The van der Waals surface area contributed by atoms with Crippen LogP contribution in [-0.4, -0.2) is 48.6 Å². The van der Waals surface area contributed by atoms with E-state index in [-0.39, 0.29) is 5.54 Å². The molecule has 0 bridgehead atoms. The Balaban J connectivity index is 1.55. The summed E-state index contributed by atoms with van der Waals surface area (Å²) >= 11 is 0. The van der Waals surface area contributed by atoms with Crippen LogP contribution in [0.3, 0.4) is 0 Å².